The molecule has 0 bridgehead atoms. The Hall–Kier alpha value is -3.13. The van der Waals surface area contributed by atoms with Gasteiger partial charge >= 0.3 is 11.9 Å². The van der Waals surface area contributed by atoms with Gasteiger partial charge in [-0.2, -0.15) is 0 Å². The zero-order chi connectivity index (χ0) is 22.1. The van der Waals surface area contributed by atoms with Crippen LogP contribution in [0.2, 0.25) is 0 Å². The van der Waals surface area contributed by atoms with E-state index < -0.39 is 17.8 Å². The number of amides is 1. The van der Waals surface area contributed by atoms with Gasteiger partial charge in [-0.15, -0.1) is 11.3 Å². The minimum atomic E-state index is -0.625. The summed E-state index contributed by atoms with van der Waals surface area (Å²) in [7, 11) is 0. The molecule has 1 heterocycles. The third kappa shape index (κ3) is 5.93. The summed E-state index contributed by atoms with van der Waals surface area (Å²) in [5, 5.41) is 2.85. The summed E-state index contributed by atoms with van der Waals surface area (Å²) in [4.78, 5) is 37.3. The molecule has 2 rings (SSSR count). The molecule has 1 N–H and O–H groups in total. The van der Waals surface area contributed by atoms with Crippen LogP contribution in [0, 0.1) is 6.92 Å². The van der Waals surface area contributed by atoms with E-state index in [0.29, 0.717) is 11.3 Å². The highest BCUT2D eigenvalue weighted by Gasteiger charge is 2.27. The average molecular weight is 432 g/mol. The molecular formula is C22H25NO6S. The lowest BCUT2D eigenvalue weighted by Gasteiger charge is -2.09. The molecule has 0 fully saturated rings. The quantitative estimate of drug-likeness (QED) is 0.449. The first kappa shape index (κ1) is 23.2. The largest absolute Gasteiger partial charge is 0.484 e. The third-order valence-electron chi connectivity index (χ3n) is 4.10. The number of ether oxygens (including phenoxy) is 3. The Bertz CT molecular complexity index is 916. The van der Waals surface area contributed by atoms with Gasteiger partial charge < -0.3 is 19.5 Å². The molecule has 0 unspecified atom stereocenters. The van der Waals surface area contributed by atoms with Gasteiger partial charge in [-0.25, -0.2) is 9.59 Å². The van der Waals surface area contributed by atoms with E-state index in [1.165, 1.54) is 6.08 Å². The summed E-state index contributed by atoms with van der Waals surface area (Å²) in [6.45, 7) is 8.78. The number of nitrogens with one attached hydrogen (secondary N) is 1. The summed E-state index contributed by atoms with van der Waals surface area (Å²) < 4.78 is 15.6. The number of carbonyl (C=O) groups excluding carboxylic acids is 3. The fraction of sp³-hybridized carbons (Fsp3) is 0.318. The lowest BCUT2D eigenvalue weighted by atomic mass is 10.1. The van der Waals surface area contributed by atoms with Crippen LogP contribution in [0.15, 0.2) is 36.9 Å². The lowest BCUT2D eigenvalue weighted by Crippen LogP contribution is -2.21. The number of anilines is 1. The summed E-state index contributed by atoms with van der Waals surface area (Å²) in [6, 6.07) is 7.43. The number of hydrogen-bond donors (Lipinski definition) is 1. The second-order valence-corrected chi connectivity index (χ2v) is 7.22. The molecule has 0 spiro atoms. The molecule has 0 saturated carbocycles. The van der Waals surface area contributed by atoms with Crippen molar-refractivity contribution in [2.45, 2.75) is 27.2 Å². The first-order valence-electron chi connectivity index (χ1n) is 9.51. The number of esters is 2. The van der Waals surface area contributed by atoms with E-state index in [1.807, 2.05) is 12.1 Å². The SMILES string of the molecule is C=CCOC(=O)c1sc(NC(=O)COc2ccc(CC)cc2)c(C(=O)OCC)c1C. The molecule has 8 heteroatoms. The van der Waals surface area contributed by atoms with Crippen LogP contribution in [0.25, 0.3) is 0 Å². The van der Waals surface area contributed by atoms with Gasteiger partial charge in [0.25, 0.3) is 5.91 Å². The highest BCUT2D eigenvalue weighted by atomic mass is 32.1. The second kappa shape index (κ2) is 11.2. The summed E-state index contributed by atoms with van der Waals surface area (Å²) in [5.74, 6) is -1.13. The van der Waals surface area contributed by atoms with Crippen molar-refractivity contribution in [3.63, 3.8) is 0 Å². The van der Waals surface area contributed by atoms with Crippen molar-refractivity contribution < 1.29 is 28.6 Å². The van der Waals surface area contributed by atoms with E-state index in [9.17, 15) is 14.4 Å². The van der Waals surface area contributed by atoms with Crippen LogP contribution < -0.4 is 10.1 Å². The van der Waals surface area contributed by atoms with E-state index in [2.05, 4.69) is 18.8 Å². The molecule has 1 amide bonds. The van der Waals surface area contributed by atoms with Crippen LogP contribution in [0.5, 0.6) is 5.75 Å². The fourth-order valence-corrected chi connectivity index (χ4v) is 3.68. The topological polar surface area (TPSA) is 90.9 Å². The predicted molar refractivity (Wildman–Crippen MR) is 115 cm³/mol. The van der Waals surface area contributed by atoms with Gasteiger partial charge in [-0.05, 0) is 43.5 Å². The number of aryl methyl sites for hydroxylation is 1. The van der Waals surface area contributed by atoms with Gasteiger partial charge in [0.1, 0.15) is 22.2 Å². The number of rotatable bonds is 10. The Balaban J connectivity index is 2.16. The molecule has 0 atom stereocenters. The van der Waals surface area contributed by atoms with Crippen LogP contribution in [-0.2, 0) is 20.7 Å². The minimum absolute atomic E-state index is 0.0390. The monoisotopic (exact) mass is 431 g/mol. The van der Waals surface area contributed by atoms with Crippen molar-refractivity contribution in [3.8, 4) is 5.75 Å². The van der Waals surface area contributed by atoms with E-state index in [4.69, 9.17) is 14.2 Å². The van der Waals surface area contributed by atoms with Crippen molar-refractivity contribution in [2.24, 2.45) is 0 Å². The van der Waals surface area contributed by atoms with Crippen LogP contribution in [0.4, 0.5) is 5.00 Å². The Labute approximate surface area is 179 Å². The van der Waals surface area contributed by atoms with E-state index in [1.54, 1.807) is 26.0 Å². The molecule has 30 heavy (non-hydrogen) atoms. The van der Waals surface area contributed by atoms with Crippen LogP contribution in [-0.4, -0.2) is 37.7 Å². The second-order valence-electron chi connectivity index (χ2n) is 6.20. The molecule has 1 aromatic heterocycles. The number of benzene rings is 1. The lowest BCUT2D eigenvalue weighted by molar-refractivity contribution is -0.118. The van der Waals surface area contributed by atoms with E-state index in [0.717, 1.165) is 23.3 Å². The third-order valence-corrected chi connectivity index (χ3v) is 5.29. The number of thiophene rings is 1. The predicted octanol–water partition coefficient (Wildman–Crippen LogP) is 4.16. The minimum Gasteiger partial charge on any atom is -0.484 e. The molecule has 0 aliphatic rings. The van der Waals surface area contributed by atoms with Gasteiger partial charge in [-0.1, -0.05) is 31.7 Å². The van der Waals surface area contributed by atoms with Crippen LogP contribution in [0.1, 0.15) is 45.0 Å². The Morgan fingerprint density at radius 1 is 1.10 bits per heavy atom. The van der Waals surface area contributed by atoms with Crippen LogP contribution >= 0.6 is 11.3 Å². The normalized spacial score (nSPS) is 10.2. The number of carbonyl (C=O) groups is 3. The fourth-order valence-electron chi connectivity index (χ4n) is 2.58. The average Bonchev–Trinajstić information content (AvgIpc) is 3.06. The summed E-state index contributed by atoms with van der Waals surface area (Å²) in [6.07, 6.45) is 2.35. The molecule has 1 aromatic carbocycles. The number of hydrogen-bond acceptors (Lipinski definition) is 7. The van der Waals surface area contributed by atoms with Crippen molar-refractivity contribution in [1.82, 2.24) is 0 Å². The van der Waals surface area contributed by atoms with Gasteiger partial charge in [0.15, 0.2) is 6.61 Å². The van der Waals surface area contributed by atoms with Crippen molar-refractivity contribution in [3.05, 3.63) is 58.5 Å². The zero-order valence-corrected chi connectivity index (χ0v) is 18.1. The zero-order valence-electron chi connectivity index (χ0n) is 17.3. The first-order valence-corrected chi connectivity index (χ1v) is 10.3. The molecule has 7 nitrogen and oxygen atoms in total. The highest BCUT2D eigenvalue weighted by molar-refractivity contribution is 7.18. The van der Waals surface area contributed by atoms with Crippen molar-refractivity contribution in [1.29, 1.82) is 0 Å². The molecule has 2 aromatic rings. The highest BCUT2D eigenvalue weighted by Crippen LogP contribution is 2.34. The smallest absolute Gasteiger partial charge is 0.348 e. The van der Waals surface area contributed by atoms with E-state index >= 15 is 0 Å². The maximum atomic E-state index is 12.4. The molecule has 0 radical (unpaired) electrons. The molecule has 0 saturated heterocycles. The standard InChI is InChI=1S/C22H25NO6S/c1-5-12-28-22(26)19-14(4)18(21(25)27-7-3)20(30-19)23-17(24)13-29-16-10-8-15(6-2)9-11-16/h5,8-11H,1,6-7,12-13H2,2-4H3,(H,23,24). The maximum absolute atomic E-state index is 12.4. The molecule has 0 aliphatic carbocycles. The molecule has 160 valence electrons. The van der Waals surface area contributed by atoms with Gasteiger partial charge in [0.05, 0.1) is 12.2 Å². The summed E-state index contributed by atoms with van der Waals surface area (Å²) in [5.41, 5.74) is 1.68. The molecular weight excluding hydrogens is 406 g/mol. The maximum Gasteiger partial charge on any atom is 0.348 e. The van der Waals surface area contributed by atoms with Crippen LogP contribution in [0.3, 0.4) is 0 Å². The Morgan fingerprint density at radius 3 is 2.40 bits per heavy atom. The van der Waals surface area contributed by atoms with Gasteiger partial charge in [-0.3, -0.25) is 4.79 Å². The first-order chi connectivity index (χ1) is 14.4. The van der Waals surface area contributed by atoms with Gasteiger partial charge in [0.2, 0.25) is 0 Å². The van der Waals surface area contributed by atoms with Crippen molar-refractivity contribution in [2.75, 3.05) is 25.1 Å². The Morgan fingerprint density at radius 2 is 1.80 bits per heavy atom. The van der Waals surface area contributed by atoms with Crippen molar-refractivity contribution >= 4 is 34.2 Å². The van der Waals surface area contributed by atoms with E-state index in [-0.39, 0.29) is 35.3 Å². The summed E-state index contributed by atoms with van der Waals surface area (Å²) >= 11 is 0.957. The molecule has 0 aliphatic heterocycles. The van der Waals surface area contributed by atoms with Gasteiger partial charge in [0, 0.05) is 0 Å². The Kier molecular flexibility index (Phi) is 8.61.